The first kappa shape index (κ1) is 14.9. The molecule has 1 atom stereocenters. The molecule has 2 N–H and O–H groups in total. The standard InChI is InChI=1S/C15H20Cl2N4/c1-10(8-20-4-2-3-5-20)9-21-14-7-12(17)11(16)6-13(14)19-15(21)18/h6-7,10H,2-5,8-9H2,1H3,(H2,18,19). The Morgan fingerprint density at radius 1 is 1.19 bits per heavy atom. The monoisotopic (exact) mass is 326 g/mol. The quantitative estimate of drug-likeness (QED) is 0.932. The van der Waals surface area contributed by atoms with Crippen LogP contribution in [-0.2, 0) is 6.54 Å². The molecule has 0 saturated carbocycles. The van der Waals surface area contributed by atoms with Crippen molar-refractivity contribution >= 4 is 40.2 Å². The summed E-state index contributed by atoms with van der Waals surface area (Å²) in [7, 11) is 0. The van der Waals surface area contributed by atoms with E-state index in [0.29, 0.717) is 21.9 Å². The normalized spacial score (nSPS) is 17.7. The number of nitrogen functional groups attached to an aromatic ring is 1. The predicted molar refractivity (Wildman–Crippen MR) is 89.0 cm³/mol. The van der Waals surface area contributed by atoms with Gasteiger partial charge >= 0.3 is 0 Å². The molecule has 1 unspecified atom stereocenters. The molecule has 1 fully saturated rings. The van der Waals surface area contributed by atoms with Crippen molar-refractivity contribution < 1.29 is 0 Å². The van der Waals surface area contributed by atoms with Crippen LogP contribution in [0.15, 0.2) is 12.1 Å². The molecular formula is C15H20Cl2N4. The Balaban J connectivity index is 1.82. The van der Waals surface area contributed by atoms with Gasteiger partial charge in [0.15, 0.2) is 0 Å². The Bertz CT molecular complexity index is 647. The van der Waals surface area contributed by atoms with E-state index in [0.717, 1.165) is 24.1 Å². The molecule has 1 aliphatic heterocycles. The maximum atomic E-state index is 6.12. The molecule has 2 heterocycles. The van der Waals surface area contributed by atoms with Gasteiger partial charge in [-0.05, 0) is 44.0 Å². The summed E-state index contributed by atoms with van der Waals surface area (Å²) in [6, 6.07) is 3.63. The molecule has 1 aromatic carbocycles. The van der Waals surface area contributed by atoms with Gasteiger partial charge in [-0.15, -0.1) is 0 Å². The molecule has 2 aromatic rings. The number of anilines is 1. The number of nitrogens with zero attached hydrogens (tertiary/aromatic N) is 3. The van der Waals surface area contributed by atoms with Gasteiger partial charge in [-0.25, -0.2) is 4.98 Å². The number of hydrogen-bond donors (Lipinski definition) is 1. The summed E-state index contributed by atoms with van der Waals surface area (Å²) in [5.41, 5.74) is 7.82. The lowest BCUT2D eigenvalue weighted by Gasteiger charge is -2.21. The van der Waals surface area contributed by atoms with Crippen molar-refractivity contribution in [3.8, 4) is 0 Å². The molecule has 0 bridgehead atoms. The summed E-state index contributed by atoms with van der Waals surface area (Å²) in [6.07, 6.45) is 2.63. The SMILES string of the molecule is CC(CN1CCCC1)Cn1c(N)nc2cc(Cl)c(Cl)cc21. The summed E-state index contributed by atoms with van der Waals surface area (Å²) in [5, 5.41) is 1.05. The number of aromatic nitrogens is 2. The van der Waals surface area contributed by atoms with Crippen LogP contribution in [0.2, 0.25) is 10.0 Å². The third-order valence-corrected chi connectivity index (χ3v) is 4.80. The van der Waals surface area contributed by atoms with Gasteiger partial charge in [0.05, 0.1) is 21.1 Å². The van der Waals surface area contributed by atoms with E-state index in [1.807, 2.05) is 10.6 Å². The van der Waals surface area contributed by atoms with Crippen molar-refractivity contribution in [3.05, 3.63) is 22.2 Å². The zero-order chi connectivity index (χ0) is 15.0. The number of imidazole rings is 1. The Kier molecular flexibility index (Phi) is 4.29. The van der Waals surface area contributed by atoms with Gasteiger partial charge in [0, 0.05) is 13.1 Å². The molecule has 0 aliphatic carbocycles. The molecule has 0 radical (unpaired) electrons. The lowest BCUT2D eigenvalue weighted by Crippen LogP contribution is -2.27. The fourth-order valence-corrected chi connectivity index (χ4v) is 3.42. The molecule has 6 heteroatoms. The van der Waals surface area contributed by atoms with Crippen LogP contribution in [0.5, 0.6) is 0 Å². The highest BCUT2D eigenvalue weighted by molar-refractivity contribution is 6.42. The van der Waals surface area contributed by atoms with Crippen molar-refractivity contribution in [3.63, 3.8) is 0 Å². The highest BCUT2D eigenvalue weighted by atomic mass is 35.5. The zero-order valence-electron chi connectivity index (χ0n) is 12.1. The lowest BCUT2D eigenvalue weighted by molar-refractivity contribution is 0.273. The molecule has 114 valence electrons. The van der Waals surface area contributed by atoms with Gasteiger partial charge in [0.25, 0.3) is 0 Å². The second-order valence-electron chi connectivity index (χ2n) is 5.95. The second kappa shape index (κ2) is 6.03. The summed E-state index contributed by atoms with van der Waals surface area (Å²) in [6.45, 7) is 6.62. The molecule has 4 nitrogen and oxygen atoms in total. The minimum atomic E-state index is 0.511. The third-order valence-electron chi connectivity index (χ3n) is 4.08. The number of fused-ring (bicyclic) bond motifs is 1. The van der Waals surface area contributed by atoms with E-state index in [1.165, 1.54) is 25.9 Å². The Morgan fingerprint density at radius 3 is 2.57 bits per heavy atom. The molecular weight excluding hydrogens is 307 g/mol. The van der Waals surface area contributed by atoms with E-state index in [2.05, 4.69) is 16.8 Å². The molecule has 1 saturated heterocycles. The Hall–Kier alpha value is -0.970. The molecule has 21 heavy (non-hydrogen) atoms. The third kappa shape index (κ3) is 3.12. The topological polar surface area (TPSA) is 47.1 Å². The van der Waals surface area contributed by atoms with Gasteiger partial charge in [0.1, 0.15) is 0 Å². The van der Waals surface area contributed by atoms with Crippen molar-refractivity contribution in [2.24, 2.45) is 5.92 Å². The number of rotatable bonds is 4. The average Bonchev–Trinajstić information content (AvgIpc) is 3.01. The van der Waals surface area contributed by atoms with Crippen LogP contribution in [0.4, 0.5) is 5.95 Å². The zero-order valence-corrected chi connectivity index (χ0v) is 13.7. The largest absolute Gasteiger partial charge is 0.369 e. The average molecular weight is 327 g/mol. The van der Waals surface area contributed by atoms with Crippen LogP contribution in [0, 0.1) is 5.92 Å². The Morgan fingerprint density at radius 2 is 1.86 bits per heavy atom. The first-order chi connectivity index (χ1) is 10.0. The van der Waals surface area contributed by atoms with Crippen molar-refractivity contribution in [1.29, 1.82) is 0 Å². The summed E-state index contributed by atoms with van der Waals surface area (Å²) < 4.78 is 2.04. The highest BCUT2D eigenvalue weighted by Gasteiger charge is 2.17. The van der Waals surface area contributed by atoms with E-state index in [9.17, 15) is 0 Å². The summed E-state index contributed by atoms with van der Waals surface area (Å²) in [5.74, 6) is 1.04. The number of halogens is 2. The van der Waals surface area contributed by atoms with E-state index < -0.39 is 0 Å². The van der Waals surface area contributed by atoms with Crippen LogP contribution in [-0.4, -0.2) is 34.1 Å². The van der Waals surface area contributed by atoms with Gasteiger partial charge in [-0.1, -0.05) is 30.1 Å². The minimum absolute atomic E-state index is 0.511. The predicted octanol–water partition coefficient (Wildman–Crippen LogP) is 3.66. The first-order valence-electron chi connectivity index (χ1n) is 7.37. The number of hydrogen-bond acceptors (Lipinski definition) is 3. The fourth-order valence-electron chi connectivity index (χ4n) is 3.11. The van der Waals surface area contributed by atoms with E-state index in [-0.39, 0.29) is 0 Å². The van der Waals surface area contributed by atoms with Gasteiger partial charge in [-0.2, -0.15) is 0 Å². The molecule has 0 spiro atoms. The van der Waals surface area contributed by atoms with Crippen LogP contribution in [0.1, 0.15) is 19.8 Å². The van der Waals surface area contributed by atoms with Crippen molar-refractivity contribution in [2.45, 2.75) is 26.3 Å². The van der Waals surface area contributed by atoms with Crippen molar-refractivity contribution in [2.75, 3.05) is 25.4 Å². The highest BCUT2D eigenvalue weighted by Crippen LogP contribution is 2.29. The number of nitrogens with two attached hydrogens (primary N) is 1. The molecule has 3 rings (SSSR count). The smallest absolute Gasteiger partial charge is 0.201 e. The molecule has 1 aromatic heterocycles. The number of benzene rings is 1. The number of likely N-dealkylation sites (tertiary alicyclic amines) is 1. The van der Waals surface area contributed by atoms with Crippen LogP contribution >= 0.6 is 23.2 Å². The van der Waals surface area contributed by atoms with Crippen molar-refractivity contribution in [1.82, 2.24) is 14.5 Å². The fraction of sp³-hybridized carbons (Fsp3) is 0.533. The Labute approximate surface area is 134 Å². The summed E-state index contributed by atoms with van der Waals surface area (Å²) in [4.78, 5) is 6.90. The van der Waals surface area contributed by atoms with Gasteiger partial charge in [-0.3, -0.25) is 0 Å². The summed E-state index contributed by atoms with van der Waals surface area (Å²) >= 11 is 12.2. The lowest BCUT2D eigenvalue weighted by atomic mass is 10.1. The molecule has 0 amide bonds. The maximum Gasteiger partial charge on any atom is 0.201 e. The van der Waals surface area contributed by atoms with Crippen LogP contribution in [0.3, 0.4) is 0 Å². The maximum absolute atomic E-state index is 6.12. The first-order valence-corrected chi connectivity index (χ1v) is 8.13. The second-order valence-corrected chi connectivity index (χ2v) is 6.76. The molecule has 1 aliphatic rings. The van der Waals surface area contributed by atoms with Crippen LogP contribution < -0.4 is 5.73 Å². The minimum Gasteiger partial charge on any atom is -0.369 e. The van der Waals surface area contributed by atoms with Crippen LogP contribution in [0.25, 0.3) is 11.0 Å². The van der Waals surface area contributed by atoms with E-state index in [4.69, 9.17) is 28.9 Å². The van der Waals surface area contributed by atoms with Gasteiger partial charge in [0.2, 0.25) is 5.95 Å². The van der Waals surface area contributed by atoms with E-state index in [1.54, 1.807) is 6.07 Å². The van der Waals surface area contributed by atoms with E-state index >= 15 is 0 Å². The van der Waals surface area contributed by atoms with Gasteiger partial charge < -0.3 is 15.2 Å².